The van der Waals surface area contributed by atoms with Crippen LogP contribution in [0.25, 0.3) is 0 Å². The number of halogens is 1. The first-order valence-corrected chi connectivity index (χ1v) is 11.2. The second kappa shape index (κ2) is 8.09. The lowest BCUT2D eigenvalue weighted by atomic mass is 9.94. The Balaban J connectivity index is 3.39. The molecule has 0 aliphatic rings. The van der Waals surface area contributed by atoms with Crippen LogP contribution < -0.4 is 0 Å². The smallest absolute Gasteiger partial charge is 0.221 e. The standard InChI is InChI=1S/C16H24ClNO3Si/c1-6-19-15(20-7-2)16(12-18,21-22(3,4)5)13-8-10-14(17)11-9-13/h8-11,15H,6-7H2,1-5H3. The van der Waals surface area contributed by atoms with Crippen molar-refractivity contribution in [2.45, 2.75) is 45.4 Å². The Kier molecular flexibility index (Phi) is 7.04. The fourth-order valence-electron chi connectivity index (χ4n) is 2.15. The van der Waals surface area contributed by atoms with Gasteiger partial charge in [-0.1, -0.05) is 23.7 Å². The van der Waals surface area contributed by atoms with Crippen LogP contribution in [0.15, 0.2) is 24.3 Å². The van der Waals surface area contributed by atoms with Crippen LogP contribution in [-0.4, -0.2) is 27.8 Å². The quantitative estimate of drug-likeness (QED) is 0.522. The Bertz CT molecular complexity index is 504. The molecule has 0 aliphatic carbocycles. The van der Waals surface area contributed by atoms with Gasteiger partial charge in [0.2, 0.25) is 11.9 Å². The molecule has 0 aliphatic heterocycles. The monoisotopic (exact) mass is 341 g/mol. The number of rotatable bonds is 8. The van der Waals surface area contributed by atoms with E-state index in [2.05, 4.69) is 6.07 Å². The van der Waals surface area contributed by atoms with Gasteiger partial charge in [0.25, 0.3) is 0 Å². The van der Waals surface area contributed by atoms with Gasteiger partial charge in [0.15, 0.2) is 8.32 Å². The van der Waals surface area contributed by atoms with Crippen molar-refractivity contribution in [3.05, 3.63) is 34.9 Å². The van der Waals surface area contributed by atoms with E-state index >= 15 is 0 Å². The van der Waals surface area contributed by atoms with Crippen molar-refractivity contribution < 1.29 is 13.9 Å². The van der Waals surface area contributed by atoms with Crippen molar-refractivity contribution in [1.29, 1.82) is 5.26 Å². The first kappa shape index (κ1) is 19.1. The summed E-state index contributed by atoms with van der Waals surface area (Å²) in [5.41, 5.74) is -0.616. The summed E-state index contributed by atoms with van der Waals surface area (Å²) in [5.74, 6) is 0. The lowest BCUT2D eigenvalue weighted by molar-refractivity contribution is -0.213. The molecule has 1 aromatic carbocycles. The number of nitriles is 1. The molecular weight excluding hydrogens is 318 g/mol. The van der Waals surface area contributed by atoms with Crippen LogP contribution in [-0.2, 0) is 19.5 Å². The van der Waals surface area contributed by atoms with E-state index in [0.717, 1.165) is 0 Å². The lowest BCUT2D eigenvalue weighted by Gasteiger charge is -2.39. The van der Waals surface area contributed by atoms with Crippen molar-refractivity contribution in [2.24, 2.45) is 0 Å². The van der Waals surface area contributed by atoms with Gasteiger partial charge in [-0.05, 0) is 45.6 Å². The summed E-state index contributed by atoms with van der Waals surface area (Å²) in [6.45, 7) is 10.7. The highest BCUT2D eigenvalue weighted by atomic mass is 35.5. The highest BCUT2D eigenvalue weighted by Crippen LogP contribution is 2.35. The van der Waals surface area contributed by atoms with E-state index in [1.54, 1.807) is 24.3 Å². The number of ether oxygens (including phenoxy) is 2. The van der Waals surface area contributed by atoms with E-state index in [1.165, 1.54) is 0 Å². The largest absolute Gasteiger partial charge is 0.393 e. The fraction of sp³-hybridized carbons (Fsp3) is 0.562. The third-order valence-corrected chi connectivity index (χ3v) is 4.06. The summed E-state index contributed by atoms with van der Waals surface area (Å²) in [4.78, 5) is 0. The molecule has 0 heterocycles. The molecule has 1 rings (SSSR count). The zero-order chi connectivity index (χ0) is 16.8. The average Bonchev–Trinajstić information content (AvgIpc) is 2.44. The molecule has 0 amide bonds. The molecule has 0 radical (unpaired) electrons. The molecule has 22 heavy (non-hydrogen) atoms. The van der Waals surface area contributed by atoms with E-state index in [4.69, 9.17) is 25.5 Å². The number of hydrogen-bond acceptors (Lipinski definition) is 4. The topological polar surface area (TPSA) is 51.5 Å². The Morgan fingerprint density at radius 3 is 2.00 bits per heavy atom. The van der Waals surface area contributed by atoms with Gasteiger partial charge >= 0.3 is 0 Å². The minimum atomic E-state index is -2.05. The Morgan fingerprint density at radius 1 is 1.14 bits per heavy atom. The van der Waals surface area contributed by atoms with Crippen molar-refractivity contribution in [3.63, 3.8) is 0 Å². The molecule has 0 fully saturated rings. The number of nitrogens with zero attached hydrogens (tertiary/aromatic N) is 1. The molecule has 122 valence electrons. The first-order valence-electron chi connectivity index (χ1n) is 7.39. The number of benzene rings is 1. The van der Waals surface area contributed by atoms with E-state index in [9.17, 15) is 5.26 Å². The molecule has 0 bridgehead atoms. The summed E-state index contributed by atoms with van der Waals surface area (Å²) >= 11 is 5.96. The number of hydrogen-bond donors (Lipinski definition) is 0. The van der Waals surface area contributed by atoms with Gasteiger partial charge in [0, 0.05) is 23.8 Å². The second-order valence-electron chi connectivity index (χ2n) is 5.81. The van der Waals surface area contributed by atoms with Gasteiger partial charge in [-0.2, -0.15) is 5.26 Å². The van der Waals surface area contributed by atoms with Gasteiger partial charge in [-0.25, -0.2) is 0 Å². The summed E-state index contributed by atoms with van der Waals surface area (Å²) in [6.07, 6.45) is -0.791. The van der Waals surface area contributed by atoms with E-state index in [1.807, 2.05) is 33.5 Å². The molecule has 6 heteroatoms. The fourth-order valence-corrected chi connectivity index (χ4v) is 3.50. The molecule has 0 saturated carbocycles. The Hall–Kier alpha value is -0.903. The van der Waals surface area contributed by atoms with Gasteiger partial charge in [0.05, 0.1) is 0 Å². The van der Waals surface area contributed by atoms with Crippen LogP contribution in [0.4, 0.5) is 0 Å². The van der Waals surface area contributed by atoms with Crippen LogP contribution >= 0.6 is 11.6 Å². The zero-order valence-corrected chi connectivity index (χ0v) is 15.6. The molecule has 0 saturated heterocycles. The highest BCUT2D eigenvalue weighted by molar-refractivity contribution is 6.69. The highest BCUT2D eigenvalue weighted by Gasteiger charge is 2.47. The van der Waals surface area contributed by atoms with Gasteiger partial charge in [-0.3, -0.25) is 0 Å². The molecule has 4 nitrogen and oxygen atoms in total. The maximum atomic E-state index is 9.94. The summed E-state index contributed by atoms with van der Waals surface area (Å²) < 4.78 is 17.6. The van der Waals surface area contributed by atoms with Crippen LogP contribution in [0, 0.1) is 11.3 Å². The van der Waals surface area contributed by atoms with Crippen LogP contribution in [0.3, 0.4) is 0 Å². The zero-order valence-electron chi connectivity index (χ0n) is 13.9. The molecule has 1 atom stereocenters. The van der Waals surface area contributed by atoms with Crippen LogP contribution in [0.5, 0.6) is 0 Å². The predicted molar refractivity (Wildman–Crippen MR) is 90.2 cm³/mol. The van der Waals surface area contributed by atoms with E-state index in [-0.39, 0.29) is 0 Å². The van der Waals surface area contributed by atoms with Gasteiger partial charge < -0.3 is 13.9 Å². The van der Waals surface area contributed by atoms with Gasteiger partial charge in [-0.15, -0.1) is 0 Å². The molecule has 0 spiro atoms. The minimum Gasteiger partial charge on any atom is -0.393 e. The Morgan fingerprint density at radius 2 is 1.64 bits per heavy atom. The molecule has 1 aromatic rings. The second-order valence-corrected chi connectivity index (χ2v) is 10.7. The minimum absolute atomic E-state index is 0.427. The van der Waals surface area contributed by atoms with Gasteiger partial charge in [0.1, 0.15) is 6.07 Å². The van der Waals surface area contributed by atoms with Crippen LogP contribution in [0.1, 0.15) is 19.4 Å². The predicted octanol–water partition coefficient (Wildman–Crippen LogP) is 4.31. The third kappa shape index (κ3) is 4.80. The molecular formula is C16H24ClNO3Si. The van der Waals surface area contributed by atoms with E-state index < -0.39 is 20.2 Å². The van der Waals surface area contributed by atoms with E-state index in [0.29, 0.717) is 23.8 Å². The molecule has 1 unspecified atom stereocenters. The Labute approximate surface area is 139 Å². The third-order valence-electron chi connectivity index (χ3n) is 2.87. The maximum absolute atomic E-state index is 9.94. The maximum Gasteiger partial charge on any atom is 0.221 e. The average molecular weight is 342 g/mol. The normalized spacial score (nSPS) is 14.6. The van der Waals surface area contributed by atoms with Crippen molar-refractivity contribution in [1.82, 2.24) is 0 Å². The van der Waals surface area contributed by atoms with Crippen molar-refractivity contribution in [2.75, 3.05) is 13.2 Å². The summed E-state index contributed by atoms with van der Waals surface area (Å²) in [6, 6.07) is 9.36. The SMILES string of the molecule is CCOC(OCC)C(C#N)(O[Si](C)(C)C)c1ccc(Cl)cc1. The lowest BCUT2D eigenvalue weighted by Crippen LogP contribution is -2.50. The first-order chi connectivity index (χ1) is 10.3. The molecule has 0 aromatic heterocycles. The van der Waals surface area contributed by atoms with Crippen molar-refractivity contribution in [3.8, 4) is 6.07 Å². The molecule has 0 N–H and O–H groups in total. The summed E-state index contributed by atoms with van der Waals surface area (Å²) in [7, 11) is -2.05. The summed E-state index contributed by atoms with van der Waals surface area (Å²) in [5, 5.41) is 10.5. The van der Waals surface area contributed by atoms with Crippen molar-refractivity contribution >= 4 is 19.9 Å². The van der Waals surface area contributed by atoms with Crippen LogP contribution in [0.2, 0.25) is 24.7 Å².